The van der Waals surface area contributed by atoms with E-state index in [4.69, 9.17) is 28.0 Å². The highest BCUT2D eigenvalue weighted by Gasteiger charge is 2.05. The van der Waals surface area contributed by atoms with Gasteiger partial charge in [0.1, 0.15) is 0 Å². The molecule has 0 saturated heterocycles. The molecule has 2 rings (SSSR count). The van der Waals surface area contributed by atoms with E-state index in [-0.39, 0.29) is 5.91 Å². The largest absolute Gasteiger partial charge is 0.379 e. The van der Waals surface area contributed by atoms with Crippen molar-refractivity contribution in [2.45, 2.75) is 0 Å². The van der Waals surface area contributed by atoms with Gasteiger partial charge in [0.2, 0.25) is 0 Å². The first kappa shape index (κ1) is 12.7. The molecule has 3 nitrogen and oxygen atoms in total. The van der Waals surface area contributed by atoms with Crippen LogP contribution < -0.4 is 10.3 Å². The molecule has 0 aromatic heterocycles. The Morgan fingerprint density at radius 2 is 1.61 bits per heavy atom. The minimum Gasteiger partial charge on any atom is -0.379 e. The smallest absolute Gasteiger partial charge is 0.283 e. The lowest BCUT2D eigenvalue weighted by Gasteiger charge is -2.07. The Morgan fingerprint density at radius 1 is 1.00 bits per heavy atom. The molecule has 0 aliphatic heterocycles. The molecule has 2 aromatic carbocycles. The number of carbonyl (C=O) groups is 1. The molecule has 0 bridgehead atoms. The van der Waals surface area contributed by atoms with Gasteiger partial charge in [-0.15, -0.1) is 0 Å². The highest BCUT2D eigenvalue weighted by atomic mass is 35.5. The van der Waals surface area contributed by atoms with Gasteiger partial charge < -0.3 is 4.84 Å². The number of hydroxylamine groups is 1. The molecule has 5 heteroatoms. The Balaban J connectivity index is 2.02. The van der Waals surface area contributed by atoms with E-state index < -0.39 is 0 Å². The summed E-state index contributed by atoms with van der Waals surface area (Å²) in [5, 5.41) is 0.873. The number of nitrogens with one attached hydrogen (secondary N) is 1. The summed E-state index contributed by atoms with van der Waals surface area (Å²) < 4.78 is 0. The van der Waals surface area contributed by atoms with Crippen molar-refractivity contribution in [3.63, 3.8) is 0 Å². The fourth-order valence-electron chi connectivity index (χ4n) is 1.34. The SMILES string of the molecule is O=C(NOc1cc(Cl)cc(Cl)c1)c1ccccc1. The minimum atomic E-state index is -0.341. The van der Waals surface area contributed by atoms with Gasteiger partial charge in [0.15, 0.2) is 5.75 Å². The predicted molar refractivity (Wildman–Crippen MR) is 71.0 cm³/mol. The molecule has 2 aromatic rings. The summed E-state index contributed by atoms with van der Waals surface area (Å²) >= 11 is 11.6. The zero-order valence-electron chi connectivity index (χ0n) is 9.19. The Bertz CT molecular complexity index is 538. The zero-order valence-corrected chi connectivity index (χ0v) is 10.7. The van der Waals surface area contributed by atoms with E-state index in [1.54, 1.807) is 42.5 Å². The summed E-state index contributed by atoms with van der Waals surface area (Å²) in [6, 6.07) is 13.4. The summed E-state index contributed by atoms with van der Waals surface area (Å²) in [7, 11) is 0. The molecule has 0 heterocycles. The van der Waals surface area contributed by atoms with E-state index in [1.165, 1.54) is 0 Å². The topological polar surface area (TPSA) is 38.3 Å². The Morgan fingerprint density at radius 3 is 2.22 bits per heavy atom. The maximum Gasteiger partial charge on any atom is 0.283 e. The number of hydrogen-bond donors (Lipinski definition) is 1. The lowest BCUT2D eigenvalue weighted by atomic mass is 10.2. The molecule has 0 aliphatic carbocycles. The van der Waals surface area contributed by atoms with Gasteiger partial charge in [-0.25, -0.2) is 0 Å². The van der Waals surface area contributed by atoms with Crippen LogP contribution in [0.2, 0.25) is 10.0 Å². The van der Waals surface area contributed by atoms with Crippen molar-refractivity contribution >= 4 is 29.1 Å². The standard InChI is InChI=1S/C13H9Cl2NO2/c14-10-6-11(15)8-12(7-10)18-16-13(17)9-4-2-1-3-5-9/h1-8H,(H,16,17). The van der Waals surface area contributed by atoms with Crippen LogP contribution in [-0.4, -0.2) is 5.91 Å². The van der Waals surface area contributed by atoms with Gasteiger partial charge in [0, 0.05) is 27.7 Å². The fourth-order valence-corrected chi connectivity index (χ4v) is 1.85. The highest BCUT2D eigenvalue weighted by Crippen LogP contribution is 2.23. The number of halogens is 2. The molecule has 1 amide bonds. The third-order valence-electron chi connectivity index (χ3n) is 2.13. The van der Waals surface area contributed by atoms with Crippen molar-refractivity contribution in [2.24, 2.45) is 0 Å². The number of hydrogen-bond acceptors (Lipinski definition) is 2. The van der Waals surface area contributed by atoms with Crippen molar-refractivity contribution in [1.29, 1.82) is 0 Å². The summed E-state index contributed by atoms with van der Waals surface area (Å²) in [4.78, 5) is 16.8. The first-order valence-corrected chi connectivity index (χ1v) is 5.89. The van der Waals surface area contributed by atoms with Crippen LogP contribution in [0.3, 0.4) is 0 Å². The van der Waals surface area contributed by atoms with Crippen LogP contribution in [0.25, 0.3) is 0 Å². The van der Waals surface area contributed by atoms with Gasteiger partial charge in [-0.2, -0.15) is 5.48 Å². The van der Waals surface area contributed by atoms with Crippen LogP contribution in [0.4, 0.5) is 0 Å². The second kappa shape index (κ2) is 5.76. The van der Waals surface area contributed by atoms with Crippen molar-refractivity contribution in [3.8, 4) is 5.75 Å². The van der Waals surface area contributed by atoms with Gasteiger partial charge in [-0.05, 0) is 18.2 Å². The predicted octanol–water partition coefficient (Wildman–Crippen LogP) is 3.72. The quantitative estimate of drug-likeness (QED) is 0.871. The van der Waals surface area contributed by atoms with Crippen molar-refractivity contribution in [2.75, 3.05) is 0 Å². The molecular formula is C13H9Cl2NO2. The van der Waals surface area contributed by atoms with Gasteiger partial charge in [0.05, 0.1) is 0 Å². The second-order valence-corrected chi connectivity index (χ2v) is 4.38. The van der Waals surface area contributed by atoms with Crippen molar-refractivity contribution in [1.82, 2.24) is 5.48 Å². The van der Waals surface area contributed by atoms with Gasteiger partial charge in [-0.1, -0.05) is 41.4 Å². The summed E-state index contributed by atoms with van der Waals surface area (Å²) in [5.74, 6) is 0.0310. The molecular weight excluding hydrogens is 273 g/mol. The molecule has 1 N–H and O–H groups in total. The van der Waals surface area contributed by atoms with Gasteiger partial charge in [-0.3, -0.25) is 4.79 Å². The average Bonchev–Trinajstić information content (AvgIpc) is 2.36. The van der Waals surface area contributed by atoms with Crippen LogP contribution in [-0.2, 0) is 0 Å². The molecule has 0 radical (unpaired) electrons. The first-order valence-electron chi connectivity index (χ1n) is 5.13. The third-order valence-corrected chi connectivity index (χ3v) is 2.57. The molecule has 92 valence electrons. The van der Waals surface area contributed by atoms with Gasteiger partial charge >= 0.3 is 0 Å². The van der Waals surface area contributed by atoms with Crippen molar-refractivity contribution < 1.29 is 9.63 Å². The lowest BCUT2D eigenvalue weighted by molar-refractivity contribution is 0.0760. The monoisotopic (exact) mass is 281 g/mol. The van der Waals surface area contributed by atoms with Gasteiger partial charge in [0.25, 0.3) is 5.91 Å². The summed E-state index contributed by atoms with van der Waals surface area (Å²) in [6.07, 6.45) is 0. The number of benzene rings is 2. The van der Waals surface area contributed by atoms with E-state index in [1.807, 2.05) is 6.07 Å². The van der Waals surface area contributed by atoms with Crippen LogP contribution in [0.1, 0.15) is 10.4 Å². The maximum absolute atomic E-state index is 11.7. The van der Waals surface area contributed by atoms with E-state index in [0.29, 0.717) is 21.4 Å². The van der Waals surface area contributed by atoms with E-state index in [0.717, 1.165) is 0 Å². The van der Waals surface area contributed by atoms with E-state index >= 15 is 0 Å². The molecule has 0 saturated carbocycles. The first-order chi connectivity index (χ1) is 8.65. The summed E-state index contributed by atoms with van der Waals surface area (Å²) in [5.41, 5.74) is 2.82. The Hall–Kier alpha value is -1.71. The van der Waals surface area contributed by atoms with Crippen LogP contribution in [0, 0.1) is 0 Å². The average molecular weight is 282 g/mol. The molecule has 0 aliphatic rings. The lowest BCUT2D eigenvalue weighted by Crippen LogP contribution is -2.26. The zero-order chi connectivity index (χ0) is 13.0. The molecule has 0 unspecified atom stereocenters. The number of carbonyl (C=O) groups excluding carboxylic acids is 1. The Labute approximate surface area is 114 Å². The normalized spacial score (nSPS) is 9.89. The van der Waals surface area contributed by atoms with Crippen LogP contribution in [0.5, 0.6) is 5.75 Å². The summed E-state index contributed by atoms with van der Waals surface area (Å²) in [6.45, 7) is 0. The maximum atomic E-state index is 11.7. The van der Waals surface area contributed by atoms with Crippen LogP contribution in [0.15, 0.2) is 48.5 Å². The van der Waals surface area contributed by atoms with E-state index in [9.17, 15) is 4.79 Å². The molecule has 0 atom stereocenters. The minimum absolute atomic E-state index is 0.341. The molecule has 0 spiro atoms. The molecule has 18 heavy (non-hydrogen) atoms. The third kappa shape index (κ3) is 3.39. The Kier molecular flexibility index (Phi) is 4.07. The number of rotatable bonds is 3. The van der Waals surface area contributed by atoms with Crippen LogP contribution >= 0.6 is 23.2 Å². The fraction of sp³-hybridized carbons (Fsp3) is 0. The molecule has 0 fully saturated rings. The number of amides is 1. The van der Waals surface area contributed by atoms with Crippen molar-refractivity contribution in [3.05, 3.63) is 64.1 Å². The second-order valence-electron chi connectivity index (χ2n) is 3.50. The van der Waals surface area contributed by atoms with E-state index in [2.05, 4.69) is 5.48 Å². The highest BCUT2D eigenvalue weighted by molar-refractivity contribution is 6.34.